The number of ether oxygens (including phenoxy) is 1. The third kappa shape index (κ3) is 2.66. The summed E-state index contributed by atoms with van der Waals surface area (Å²) in [7, 11) is 3.28. The molecule has 1 aromatic heterocycles. The van der Waals surface area contributed by atoms with Gasteiger partial charge in [0.2, 0.25) is 0 Å². The normalized spacial score (nSPS) is 17.1. The van der Waals surface area contributed by atoms with Gasteiger partial charge in [-0.15, -0.1) is 0 Å². The molecular weight excluding hydrogens is 218 g/mol. The molecule has 1 fully saturated rings. The van der Waals surface area contributed by atoms with Gasteiger partial charge in [-0.25, -0.2) is 4.79 Å². The van der Waals surface area contributed by atoms with Crippen LogP contribution in [0.15, 0.2) is 6.20 Å². The van der Waals surface area contributed by atoms with Crippen molar-refractivity contribution in [2.24, 2.45) is 13.0 Å². The average molecular weight is 237 g/mol. The standard InChI is InChI=1S/C12H19N3O2/c1-15-11(7-9-3-5-13-6-4-9)10(8-14-15)12(16)17-2/h8-9,13H,3-7H2,1-2H3. The molecule has 0 saturated carbocycles. The number of aryl methyl sites for hydroxylation is 1. The summed E-state index contributed by atoms with van der Waals surface area (Å²) in [4.78, 5) is 11.6. The molecule has 1 N–H and O–H groups in total. The largest absolute Gasteiger partial charge is 0.465 e. The van der Waals surface area contributed by atoms with Crippen LogP contribution in [-0.2, 0) is 18.2 Å². The zero-order valence-electron chi connectivity index (χ0n) is 10.4. The predicted molar refractivity (Wildman–Crippen MR) is 63.8 cm³/mol. The molecule has 94 valence electrons. The highest BCUT2D eigenvalue weighted by atomic mass is 16.5. The van der Waals surface area contributed by atoms with E-state index in [1.807, 2.05) is 7.05 Å². The van der Waals surface area contributed by atoms with E-state index in [1.54, 1.807) is 10.9 Å². The van der Waals surface area contributed by atoms with Gasteiger partial charge in [-0.2, -0.15) is 5.10 Å². The molecule has 0 spiro atoms. The summed E-state index contributed by atoms with van der Waals surface area (Å²) >= 11 is 0. The van der Waals surface area contributed by atoms with Crippen molar-refractivity contribution in [3.63, 3.8) is 0 Å². The van der Waals surface area contributed by atoms with Crippen molar-refractivity contribution in [2.45, 2.75) is 19.3 Å². The van der Waals surface area contributed by atoms with Crippen molar-refractivity contribution >= 4 is 5.97 Å². The minimum atomic E-state index is -0.290. The molecule has 0 unspecified atom stereocenters. The number of rotatable bonds is 3. The number of carbonyl (C=O) groups excluding carboxylic acids is 1. The fraction of sp³-hybridized carbons (Fsp3) is 0.667. The fourth-order valence-corrected chi connectivity index (χ4v) is 2.34. The van der Waals surface area contributed by atoms with E-state index in [9.17, 15) is 4.79 Å². The van der Waals surface area contributed by atoms with Gasteiger partial charge in [0.15, 0.2) is 0 Å². The topological polar surface area (TPSA) is 56.1 Å². The van der Waals surface area contributed by atoms with E-state index in [1.165, 1.54) is 7.11 Å². The average Bonchev–Trinajstić information content (AvgIpc) is 2.72. The number of methoxy groups -OCH3 is 1. The second-order valence-electron chi connectivity index (χ2n) is 4.52. The number of esters is 1. The second kappa shape index (κ2) is 5.31. The van der Waals surface area contributed by atoms with Crippen molar-refractivity contribution < 1.29 is 9.53 Å². The van der Waals surface area contributed by atoms with Crippen molar-refractivity contribution in [3.05, 3.63) is 17.5 Å². The summed E-state index contributed by atoms with van der Waals surface area (Å²) in [5.74, 6) is 0.345. The minimum Gasteiger partial charge on any atom is -0.465 e. The van der Waals surface area contributed by atoms with Gasteiger partial charge < -0.3 is 10.1 Å². The Kier molecular flexibility index (Phi) is 3.78. The van der Waals surface area contributed by atoms with E-state index in [0.29, 0.717) is 11.5 Å². The van der Waals surface area contributed by atoms with E-state index in [0.717, 1.165) is 38.0 Å². The zero-order chi connectivity index (χ0) is 12.3. The highest BCUT2D eigenvalue weighted by Gasteiger charge is 2.21. The Labute approximate surface area is 101 Å². The summed E-state index contributed by atoms with van der Waals surface area (Å²) in [6.45, 7) is 2.13. The monoisotopic (exact) mass is 237 g/mol. The molecule has 1 aliphatic rings. The van der Waals surface area contributed by atoms with Crippen LogP contribution in [0.25, 0.3) is 0 Å². The molecule has 1 aliphatic heterocycles. The molecule has 2 heterocycles. The molecule has 5 nitrogen and oxygen atoms in total. The smallest absolute Gasteiger partial charge is 0.341 e. The van der Waals surface area contributed by atoms with E-state index in [-0.39, 0.29) is 5.97 Å². The van der Waals surface area contributed by atoms with Gasteiger partial charge in [0, 0.05) is 7.05 Å². The SMILES string of the molecule is COC(=O)c1cnn(C)c1CC1CCNCC1. The lowest BCUT2D eigenvalue weighted by molar-refractivity contribution is 0.0599. The molecule has 1 aromatic rings. The lowest BCUT2D eigenvalue weighted by Gasteiger charge is -2.22. The molecule has 5 heteroatoms. The molecule has 1 saturated heterocycles. The molecule has 0 atom stereocenters. The lowest BCUT2D eigenvalue weighted by Crippen LogP contribution is -2.29. The number of carbonyl (C=O) groups is 1. The zero-order valence-corrected chi connectivity index (χ0v) is 10.4. The number of piperidine rings is 1. The molecule has 0 bridgehead atoms. The lowest BCUT2D eigenvalue weighted by atomic mass is 9.92. The maximum absolute atomic E-state index is 11.6. The first kappa shape index (κ1) is 12.1. The first-order chi connectivity index (χ1) is 8.22. The summed E-state index contributed by atoms with van der Waals surface area (Å²) in [5.41, 5.74) is 1.59. The molecule has 0 amide bonds. The molecule has 0 aliphatic carbocycles. The van der Waals surface area contributed by atoms with Crippen LogP contribution in [0.2, 0.25) is 0 Å². The van der Waals surface area contributed by atoms with Crippen molar-refractivity contribution in [1.29, 1.82) is 0 Å². The van der Waals surface area contributed by atoms with Gasteiger partial charge in [0.1, 0.15) is 5.56 Å². The highest BCUT2D eigenvalue weighted by molar-refractivity contribution is 5.90. The molecule has 0 aromatic carbocycles. The Hall–Kier alpha value is -1.36. The molecular formula is C12H19N3O2. The number of aromatic nitrogens is 2. The van der Waals surface area contributed by atoms with Gasteiger partial charge >= 0.3 is 5.97 Å². The van der Waals surface area contributed by atoms with E-state index >= 15 is 0 Å². The fourth-order valence-electron chi connectivity index (χ4n) is 2.34. The van der Waals surface area contributed by atoms with Crippen LogP contribution in [0, 0.1) is 5.92 Å². The van der Waals surface area contributed by atoms with Gasteiger partial charge in [-0.1, -0.05) is 0 Å². The third-order valence-corrected chi connectivity index (χ3v) is 3.41. The molecule has 0 radical (unpaired) electrons. The number of hydrogen-bond donors (Lipinski definition) is 1. The summed E-state index contributed by atoms with van der Waals surface area (Å²) < 4.78 is 6.56. The molecule has 17 heavy (non-hydrogen) atoms. The molecule has 2 rings (SSSR count). The van der Waals surface area contributed by atoms with Crippen LogP contribution in [0.4, 0.5) is 0 Å². The summed E-state index contributed by atoms with van der Waals surface area (Å²) in [6.07, 6.45) is 4.82. The van der Waals surface area contributed by atoms with Gasteiger partial charge in [0.25, 0.3) is 0 Å². The quantitative estimate of drug-likeness (QED) is 0.788. The predicted octanol–water partition coefficient (Wildman–Crippen LogP) is 0.749. The minimum absolute atomic E-state index is 0.290. The number of nitrogens with one attached hydrogen (secondary N) is 1. The van der Waals surface area contributed by atoms with Crippen LogP contribution in [0.1, 0.15) is 28.9 Å². The third-order valence-electron chi connectivity index (χ3n) is 3.41. The van der Waals surface area contributed by atoms with Gasteiger partial charge in [-0.3, -0.25) is 4.68 Å². The first-order valence-electron chi connectivity index (χ1n) is 6.02. The number of hydrogen-bond acceptors (Lipinski definition) is 4. The Morgan fingerprint density at radius 3 is 2.94 bits per heavy atom. The van der Waals surface area contributed by atoms with Crippen molar-refractivity contribution in [2.75, 3.05) is 20.2 Å². The maximum atomic E-state index is 11.6. The van der Waals surface area contributed by atoms with E-state index < -0.39 is 0 Å². The van der Waals surface area contributed by atoms with Crippen LogP contribution in [0.5, 0.6) is 0 Å². The van der Waals surface area contributed by atoms with Gasteiger partial charge in [-0.05, 0) is 38.3 Å². The van der Waals surface area contributed by atoms with Gasteiger partial charge in [0.05, 0.1) is 19.0 Å². The van der Waals surface area contributed by atoms with Crippen molar-refractivity contribution in [1.82, 2.24) is 15.1 Å². The summed E-state index contributed by atoms with van der Waals surface area (Å²) in [6, 6.07) is 0. The van der Waals surface area contributed by atoms with Crippen LogP contribution in [-0.4, -0.2) is 35.9 Å². The van der Waals surface area contributed by atoms with Crippen molar-refractivity contribution in [3.8, 4) is 0 Å². The van der Waals surface area contributed by atoms with E-state index in [4.69, 9.17) is 4.74 Å². The Morgan fingerprint density at radius 2 is 2.29 bits per heavy atom. The van der Waals surface area contributed by atoms with Crippen LogP contribution >= 0.6 is 0 Å². The first-order valence-corrected chi connectivity index (χ1v) is 6.02. The van der Waals surface area contributed by atoms with E-state index in [2.05, 4.69) is 10.4 Å². The number of nitrogens with zero attached hydrogens (tertiary/aromatic N) is 2. The van der Waals surface area contributed by atoms with Crippen LogP contribution < -0.4 is 5.32 Å². The Bertz CT molecular complexity index is 394. The maximum Gasteiger partial charge on any atom is 0.341 e. The highest BCUT2D eigenvalue weighted by Crippen LogP contribution is 2.20. The Morgan fingerprint density at radius 1 is 1.59 bits per heavy atom. The second-order valence-corrected chi connectivity index (χ2v) is 4.52. The Balaban J connectivity index is 2.13. The van der Waals surface area contributed by atoms with Crippen LogP contribution in [0.3, 0.4) is 0 Å². The summed E-state index contributed by atoms with van der Waals surface area (Å²) in [5, 5.41) is 7.49.